The van der Waals surface area contributed by atoms with Gasteiger partial charge in [0.05, 0.1) is 17.9 Å². The van der Waals surface area contributed by atoms with E-state index < -0.39 is 0 Å². The number of aromatic nitrogens is 5. The van der Waals surface area contributed by atoms with Gasteiger partial charge in [-0.05, 0) is 24.6 Å². The van der Waals surface area contributed by atoms with Crippen molar-refractivity contribution in [1.29, 1.82) is 0 Å². The quantitative estimate of drug-likeness (QED) is 0.783. The lowest BCUT2D eigenvalue weighted by Gasteiger charge is -2.15. The SMILES string of the molecule is CC[C@H](Nc1nccc(-c2ccncc2)n1)c1cnn(C)c1. The molecule has 6 heteroatoms. The Morgan fingerprint density at radius 2 is 2.00 bits per heavy atom. The molecule has 22 heavy (non-hydrogen) atoms. The molecule has 0 saturated heterocycles. The topological polar surface area (TPSA) is 68.5 Å². The van der Waals surface area contributed by atoms with E-state index in [-0.39, 0.29) is 6.04 Å². The molecule has 0 spiro atoms. The molecule has 0 fully saturated rings. The molecule has 3 aromatic rings. The molecule has 3 aromatic heterocycles. The summed E-state index contributed by atoms with van der Waals surface area (Å²) in [7, 11) is 1.91. The van der Waals surface area contributed by atoms with Gasteiger partial charge in [0.25, 0.3) is 0 Å². The molecule has 1 atom stereocenters. The smallest absolute Gasteiger partial charge is 0.223 e. The fourth-order valence-electron chi connectivity index (χ4n) is 2.31. The molecular formula is C16H18N6. The Morgan fingerprint density at radius 1 is 1.18 bits per heavy atom. The van der Waals surface area contributed by atoms with Gasteiger partial charge in [-0.3, -0.25) is 9.67 Å². The highest BCUT2D eigenvalue weighted by molar-refractivity contribution is 5.59. The molecule has 3 heterocycles. The third kappa shape index (κ3) is 3.11. The minimum absolute atomic E-state index is 0.140. The van der Waals surface area contributed by atoms with E-state index in [4.69, 9.17) is 0 Å². The molecule has 6 nitrogen and oxygen atoms in total. The van der Waals surface area contributed by atoms with E-state index in [0.29, 0.717) is 5.95 Å². The van der Waals surface area contributed by atoms with Crippen molar-refractivity contribution in [3.8, 4) is 11.3 Å². The van der Waals surface area contributed by atoms with Gasteiger partial charge in [0.15, 0.2) is 0 Å². The number of aryl methyl sites for hydroxylation is 1. The molecule has 0 aliphatic rings. The van der Waals surface area contributed by atoms with Gasteiger partial charge in [0, 0.05) is 43.0 Å². The highest BCUT2D eigenvalue weighted by atomic mass is 15.2. The Hall–Kier alpha value is -2.76. The predicted molar refractivity (Wildman–Crippen MR) is 85.1 cm³/mol. The maximum absolute atomic E-state index is 4.59. The van der Waals surface area contributed by atoms with Crippen LogP contribution in [0.15, 0.2) is 49.2 Å². The van der Waals surface area contributed by atoms with Crippen LogP contribution in [0.5, 0.6) is 0 Å². The number of nitrogens with zero attached hydrogens (tertiary/aromatic N) is 5. The number of anilines is 1. The van der Waals surface area contributed by atoms with Crippen LogP contribution in [0.4, 0.5) is 5.95 Å². The lowest BCUT2D eigenvalue weighted by Crippen LogP contribution is -2.11. The van der Waals surface area contributed by atoms with Gasteiger partial charge in [0.1, 0.15) is 0 Å². The van der Waals surface area contributed by atoms with Crippen molar-refractivity contribution in [2.24, 2.45) is 7.05 Å². The maximum Gasteiger partial charge on any atom is 0.223 e. The molecule has 0 amide bonds. The second-order valence-corrected chi connectivity index (χ2v) is 5.05. The number of nitrogens with one attached hydrogen (secondary N) is 1. The number of pyridine rings is 1. The number of rotatable bonds is 5. The molecule has 0 bridgehead atoms. The Morgan fingerprint density at radius 3 is 2.68 bits per heavy atom. The zero-order valence-corrected chi connectivity index (χ0v) is 12.6. The van der Waals surface area contributed by atoms with Gasteiger partial charge in [-0.2, -0.15) is 5.10 Å². The van der Waals surface area contributed by atoms with Gasteiger partial charge >= 0.3 is 0 Å². The van der Waals surface area contributed by atoms with Crippen molar-refractivity contribution >= 4 is 5.95 Å². The first-order valence-electron chi connectivity index (χ1n) is 7.25. The molecule has 0 aromatic carbocycles. The minimum atomic E-state index is 0.140. The van der Waals surface area contributed by atoms with Crippen LogP contribution in [0.25, 0.3) is 11.3 Å². The van der Waals surface area contributed by atoms with E-state index in [0.717, 1.165) is 23.2 Å². The van der Waals surface area contributed by atoms with E-state index in [1.54, 1.807) is 23.3 Å². The Bertz CT molecular complexity index is 737. The van der Waals surface area contributed by atoms with Gasteiger partial charge in [0.2, 0.25) is 5.95 Å². The molecule has 3 rings (SSSR count). The van der Waals surface area contributed by atoms with Crippen LogP contribution in [-0.2, 0) is 7.05 Å². The molecule has 0 radical (unpaired) electrons. The summed E-state index contributed by atoms with van der Waals surface area (Å²) in [6, 6.07) is 5.90. The minimum Gasteiger partial charge on any atom is -0.347 e. The summed E-state index contributed by atoms with van der Waals surface area (Å²) in [6.45, 7) is 2.12. The standard InChI is InChI=1S/C16H18N6/c1-3-14(13-10-19-22(2)11-13)20-16-18-9-6-15(21-16)12-4-7-17-8-5-12/h4-11,14H,3H2,1-2H3,(H,18,20,21)/t14-/m0/s1. The summed E-state index contributed by atoms with van der Waals surface area (Å²) in [5.74, 6) is 0.616. The van der Waals surface area contributed by atoms with E-state index in [1.165, 1.54) is 0 Å². The van der Waals surface area contributed by atoms with Gasteiger partial charge in [-0.25, -0.2) is 9.97 Å². The van der Waals surface area contributed by atoms with E-state index in [2.05, 4.69) is 32.3 Å². The van der Waals surface area contributed by atoms with E-state index >= 15 is 0 Å². The van der Waals surface area contributed by atoms with Crippen molar-refractivity contribution in [2.45, 2.75) is 19.4 Å². The molecule has 112 valence electrons. The first-order chi connectivity index (χ1) is 10.8. The summed E-state index contributed by atoms with van der Waals surface area (Å²) in [4.78, 5) is 12.9. The summed E-state index contributed by atoms with van der Waals surface area (Å²) in [6.07, 6.45) is 10.1. The van der Waals surface area contributed by atoms with Gasteiger partial charge < -0.3 is 5.32 Å². The summed E-state index contributed by atoms with van der Waals surface area (Å²) >= 11 is 0. The summed E-state index contributed by atoms with van der Waals surface area (Å²) in [5, 5.41) is 7.60. The maximum atomic E-state index is 4.59. The zero-order valence-electron chi connectivity index (χ0n) is 12.6. The zero-order chi connectivity index (χ0) is 15.4. The normalized spacial score (nSPS) is 12.1. The Labute approximate surface area is 129 Å². The van der Waals surface area contributed by atoms with Gasteiger partial charge in [-0.15, -0.1) is 0 Å². The Balaban J connectivity index is 1.83. The van der Waals surface area contributed by atoms with Crippen LogP contribution in [0.2, 0.25) is 0 Å². The molecule has 0 aliphatic heterocycles. The van der Waals surface area contributed by atoms with Crippen molar-refractivity contribution in [2.75, 3.05) is 5.32 Å². The van der Waals surface area contributed by atoms with E-state index in [9.17, 15) is 0 Å². The lowest BCUT2D eigenvalue weighted by molar-refractivity contribution is 0.732. The molecular weight excluding hydrogens is 276 g/mol. The number of hydrogen-bond donors (Lipinski definition) is 1. The van der Waals surface area contributed by atoms with Crippen molar-refractivity contribution in [3.05, 3.63) is 54.7 Å². The highest BCUT2D eigenvalue weighted by Gasteiger charge is 2.12. The van der Waals surface area contributed by atoms with E-state index in [1.807, 2.05) is 37.6 Å². The molecule has 1 N–H and O–H groups in total. The molecule has 0 aliphatic carbocycles. The van der Waals surface area contributed by atoms with Crippen LogP contribution in [0.1, 0.15) is 24.9 Å². The highest BCUT2D eigenvalue weighted by Crippen LogP contribution is 2.22. The Kier molecular flexibility index (Phi) is 4.09. The third-order valence-corrected chi connectivity index (χ3v) is 3.47. The monoisotopic (exact) mass is 294 g/mol. The molecule has 0 unspecified atom stereocenters. The first kappa shape index (κ1) is 14.2. The van der Waals surface area contributed by atoms with Crippen molar-refractivity contribution < 1.29 is 0 Å². The molecule has 0 saturated carbocycles. The van der Waals surface area contributed by atoms with Crippen molar-refractivity contribution in [3.63, 3.8) is 0 Å². The third-order valence-electron chi connectivity index (χ3n) is 3.47. The summed E-state index contributed by atoms with van der Waals surface area (Å²) in [5.41, 5.74) is 3.03. The predicted octanol–water partition coefficient (Wildman–Crippen LogP) is 2.84. The van der Waals surface area contributed by atoms with Crippen LogP contribution < -0.4 is 5.32 Å². The van der Waals surface area contributed by atoms with Crippen LogP contribution in [0.3, 0.4) is 0 Å². The van der Waals surface area contributed by atoms with Crippen molar-refractivity contribution in [1.82, 2.24) is 24.7 Å². The fraction of sp³-hybridized carbons (Fsp3) is 0.250. The lowest BCUT2D eigenvalue weighted by atomic mass is 10.1. The average Bonchev–Trinajstić information content (AvgIpc) is 3.00. The fourth-order valence-corrected chi connectivity index (χ4v) is 2.31. The van der Waals surface area contributed by atoms with Gasteiger partial charge in [-0.1, -0.05) is 6.92 Å². The van der Waals surface area contributed by atoms with Crippen LogP contribution in [0, 0.1) is 0 Å². The first-order valence-corrected chi connectivity index (χ1v) is 7.25. The average molecular weight is 294 g/mol. The second-order valence-electron chi connectivity index (χ2n) is 5.05. The summed E-state index contributed by atoms with van der Waals surface area (Å²) < 4.78 is 1.80. The van der Waals surface area contributed by atoms with Crippen LogP contribution >= 0.6 is 0 Å². The van der Waals surface area contributed by atoms with Crippen LogP contribution in [-0.4, -0.2) is 24.7 Å². The largest absolute Gasteiger partial charge is 0.347 e. The number of hydrogen-bond acceptors (Lipinski definition) is 5. The second kappa shape index (κ2) is 6.34.